The molecule has 6 N–H and O–H groups in total. The molecule has 0 bridgehead atoms. The number of nitrogens with one attached hydrogen (secondary N) is 2. The van der Waals surface area contributed by atoms with Gasteiger partial charge in [0, 0.05) is 31.3 Å². The van der Waals surface area contributed by atoms with Crippen molar-refractivity contribution in [2.24, 2.45) is 28.6 Å². The van der Waals surface area contributed by atoms with E-state index in [-0.39, 0.29) is 49.4 Å². The number of hydrogen-bond donors (Lipinski definition) is 4. The lowest BCUT2D eigenvalue weighted by Crippen LogP contribution is -2.48. The van der Waals surface area contributed by atoms with Gasteiger partial charge in [-0.05, 0) is 58.1 Å². The lowest BCUT2D eigenvalue weighted by molar-refractivity contribution is -0.138. The molecule has 2 unspecified atom stereocenters. The second-order valence-corrected chi connectivity index (χ2v) is 11.5. The van der Waals surface area contributed by atoms with Crippen molar-refractivity contribution in [1.82, 2.24) is 29.9 Å². The van der Waals surface area contributed by atoms with Crippen molar-refractivity contribution >= 4 is 23.7 Å². The summed E-state index contributed by atoms with van der Waals surface area (Å²) in [4.78, 5) is 23.2. The number of carbonyl (C=O) groups is 2. The van der Waals surface area contributed by atoms with Gasteiger partial charge in [0.05, 0.1) is 17.9 Å². The molecule has 246 valence electrons. The summed E-state index contributed by atoms with van der Waals surface area (Å²) in [5, 5.41) is 17.8. The van der Waals surface area contributed by atoms with E-state index in [1.165, 1.54) is 17.1 Å². The Bertz CT molecular complexity index is 1250. The van der Waals surface area contributed by atoms with Crippen molar-refractivity contribution in [2.75, 3.05) is 18.9 Å². The Morgan fingerprint density at radius 1 is 1.23 bits per heavy atom. The summed E-state index contributed by atoms with van der Waals surface area (Å²) >= 11 is 0. The number of aldehydes is 1. The van der Waals surface area contributed by atoms with Gasteiger partial charge in [-0.1, -0.05) is 12.8 Å². The SMILES string of the molecule is CC(C)n1nccc1C=O.CNC(C(=O)Nc1cnn(C(CC2CC2)/C(=N/N)N(N)CC(F)(F)F)c1)C1CCC(F)(F)CC1. The van der Waals surface area contributed by atoms with Gasteiger partial charge in [-0.3, -0.25) is 24.0 Å². The first-order valence-electron chi connectivity index (χ1n) is 14.4. The summed E-state index contributed by atoms with van der Waals surface area (Å²) < 4.78 is 68.6. The summed E-state index contributed by atoms with van der Waals surface area (Å²) in [5.41, 5.74) is 0.943. The number of hydrazone groups is 1. The molecule has 2 atom stereocenters. The molecule has 2 aliphatic rings. The highest BCUT2D eigenvalue weighted by Gasteiger charge is 2.40. The highest BCUT2D eigenvalue weighted by Crippen LogP contribution is 2.39. The summed E-state index contributed by atoms with van der Waals surface area (Å²) in [6.07, 6.45) is 2.91. The number of anilines is 1. The van der Waals surface area contributed by atoms with Crippen LogP contribution in [0.1, 0.15) is 81.4 Å². The van der Waals surface area contributed by atoms with E-state index >= 15 is 0 Å². The molecular weight excluding hydrogens is 591 g/mol. The van der Waals surface area contributed by atoms with Crippen LogP contribution < -0.4 is 22.3 Å². The van der Waals surface area contributed by atoms with Crippen molar-refractivity contribution in [1.29, 1.82) is 0 Å². The van der Waals surface area contributed by atoms with Gasteiger partial charge in [-0.2, -0.15) is 28.5 Å². The molecule has 2 aromatic heterocycles. The average Bonchev–Trinajstić information content (AvgIpc) is 3.42. The predicted octanol–water partition coefficient (Wildman–Crippen LogP) is 3.86. The van der Waals surface area contributed by atoms with Crippen LogP contribution in [0.4, 0.5) is 27.6 Å². The summed E-state index contributed by atoms with van der Waals surface area (Å²) in [6.45, 7) is 2.54. The zero-order valence-corrected chi connectivity index (χ0v) is 25.0. The first-order valence-corrected chi connectivity index (χ1v) is 14.4. The number of alkyl halides is 5. The summed E-state index contributed by atoms with van der Waals surface area (Å²) in [6, 6.07) is 0.535. The molecule has 2 aromatic rings. The van der Waals surface area contributed by atoms with Crippen LogP contribution in [0.3, 0.4) is 0 Å². The fourth-order valence-electron chi connectivity index (χ4n) is 5.25. The lowest BCUT2D eigenvalue weighted by Gasteiger charge is -2.32. The van der Waals surface area contributed by atoms with Gasteiger partial charge in [0.1, 0.15) is 18.3 Å². The van der Waals surface area contributed by atoms with Gasteiger partial charge >= 0.3 is 6.18 Å². The number of amidine groups is 1. The molecule has 2 fully saturated rings. The average molecular weight is 633 g/mol. The van der Waals surface area contributed by atoms with Crippen molar-refractivity contribution in [3.05, 3.63) is 30.4 Å². The van der Waals surface area contributed by atoms with Crippen LogP contribution in [-0.4, -0.2) is 74.3 Å². The molecule has 0 aromatic carbocycles. The highest BCUT2D eigenvalue weighted by atomic mass is 19.4. The minimum atomic E-state index is -4.55. The van der Waals surface area contributed by atoms with Crippen LogP contribution in [0.2, 0.25) is 0 Å². The maximum atomic E-state index is 13.5. The third kappa shape index (κ3) is 9.97. The van der Waals surface area contributed by atoms with E-state index in [1.807, 2.05) is 13.8 Å². The smallest absolute Gasteiger partial charge is 0.322 e. The number of nitrogens with two attached hydrogens (primary N) is 2. The molecule has 2 heterocycles. The van der Waals surface area contributed by atoms with Crippen LogP contribution in [-0.2, 0) is 4.79 Å². The molecule has 12 nitrogen and oxygen atoms in total. The Labute approximate surface area is 252 Å². The van der Waals surface area contributed by atoms with Gasteiger partial charge < -0.3 is 16.5 Å². The van der Waals surface area contributed by atoms with Crippen molar-refractivity contribution in [3.8, 4) is 0 Å². The number of likely N-dealkylation sites (N-methyl/N-ethyl adjacent to an activating group) is 1. The van der Waals surface area contributed by atoms with Gasteiger partial charge in [0.2, 0.25) is 11.8 Å². The van der Waals surface area contributed by atoms with Crippen LogP contribution >= 0.6 is 0 Å². The second-order valence-electron chi connectivity index (χ2n) is 11.5. The Morgan fingerprint density at radius 2 is 1.89 bits per heavy atom. The molecule has 2 aliphatic carbocycles. The maximum absolute atomic E-state index is 13.5. The minimum absolute atomic E-state index is 0.179. The van der Waals surface area contributed by atoms with E-state index in [9.17, 15) is 31.5 Å². The number of rotatable bonds is 11. The zero-order valence-electron chi connectivity index (χ0n) is 25.0. The fourth-order valence-corrected chi connectivity index (χ4v) is 5.25. The van der Waals surface area contributed by atoms with E-state index in [0.29, 0.717) is 22.8 Å². The topological polar surface area (TPSA) is 161 Å². The predicted molar refractivity (Wildman–Crippen MR) is 154 cm³/mol. The summed E-state index contributed by atoms with van der Waals surface area (Å²) in [7, 11) is 1.59. The molecule has 0 radical (unpaired) electrons. The molecule has 0 saturated heterocycles. The molecule has 17 heteroatoms. The number of halogens is 5. The van der Waals surface area contributed by atoms with Crippen LogP contribution in [0, 0.1) is 11.8 Å². The lowest BCUT2D eigenvalue weighted by atomic mass is 9.81. The third-order valence-corrected chi connectivity index (χ3v) is 7.65. The molecule has 0 spiro atoms. The number of hydrogen-bond acceptors (Lipinski definition) is 8. The van der Waals surface area contributed by atoms with Gasteiger partial charge in [-0.15, -0.1) is 0 Å². The standard InChI is InChI=1S/C20H31F5N8O.C7H10N2O/c1-28-16(13-4-6-19(21,22)7-5-13)18(34)30-14-9-29-33(10-14)15(8-12-2-3-12)17(31-26)32(27)11-20(23,24)25;1-6(2)9-7(5-10)3-4-8-9/h9-10,12-13,15-16,28H,2-8,11,26-27H2,1H3,(H,30,34);3-6H,1-2H3/b31-17-;. The fraction of sp³-hybridized carbons (Fsp3) is 0.667. The second kappa shape index (κ2) is 14.9. The number of amides is 1. The largest absolute Gasteiger partial charge is 0.407 e. The van der Waals surface area contributed by atoms with Crippen LogP contribution in [0.5, 0.6) is 0 Å². The Hall–Kier alpha value is -3.60. The van der Waals surface area contributed by atoms with Crippen molar-refractivity contribution in [3.63, 3.8) is 0 Å². The minimum Gasteiger partial charge on any atom is -0.322 e. The number of hydrazine groups is 1. The first-order chi connectivity index (χ1) is 20.7. The van der Waals surface area contributed by atoms with Gasteiger partial charge in [0.25, 0.3) is 0 Å². The van der Waals surface area contributed by atoms with E-state index in [1.54, 1.807) is 24.0 Å². The van der Waals surface area contributed by atoms with Crippen molar-refractivity contribution < 1.29 is 31.5 Å². The maximum Gasteiger partial charge on any atom is 0.407 e. The van der Waals surface area contributed by atoms with Crippen LogP contribution in [0.25, 0.3) is 0 Å². The van der Waals surface area contributed by atoms with E-state index in [0.717, 1.165) is 19.1 Å². The molecule has 2 saturated carbocycles. The Balaban J connectivity index is 0.000000448. The van der Waals surface area contributed by atoms with E-state index < -0.39 is 36.6 Å². The monoisotopic (exact) mass is 632 g/mol. The number of aromatic nitrogens is 4. The van der Waals surface area contributed by atoms with Crippen LogP contribution in [0.15, 0.2) is 29.8 Å². The molecular formula is C27H41F5N10O2. The molecule has 44 heavy (non-hydrogen) atoms. The highest BCUT2D eigenvalue weighted by molar-refractivity contribution is 5.95. The number of nitrogens with zero attached hydrogens (tertiary/aromatic N) is 6. The zero-order chi connectivity index (χ0) is 32.7. The van der Waals surface area contributed by atoms with Gasteiger partial charge in [0.15, 0.2) is 12.1 Å². The van der Waals surface area contributed by atoms with E-state index in [2.05, 4.69) is 25.9 Å². The molecule has 0 aliphatic heterocycles. The Kier molecular flexibility index (Phi) is 11.8. The molecule has 1 amide bonds. The molecule has 4 rings (SSSR count). The normalized spacial score (nSPS) is 18.7. The van der Waals surface area contributed by atoms with Gasteiger partial charge in [-0.25, -0.2) is 14.6 Å². The number of carbonyl (C=O) groups excluding carboxylic acids is 2. The summed E-state index contributed by atoms with van der Waals surface area (Å²) in [5.74, 6) is 7.78. The van der Waals surface area contributed by atoms with E-state index in [4.69, 9.17) is 11.7 Å². The Morgan fingerprint density at radius 3 is 2.39 bits per heavy atom. The quantitative estimate of drug-likeness (QED) is 0.0725. The first kappa shape index (κ1) is 34.9. The third-order valence-electron chi connectivity index (χ3n) is 7.65. The van der Waals surface area contributed by atoms with Crippen molar-refractivity contribution in [2.45, 2.75) is 89.0 Å².